The molecule has 0 radical (unpaired) electrons. The van der Waals surface area contributed by atoms with Crippen molar-refractivity contribution in [2.24, 2.45) is 5.10 Å². The molecule has 0 atom stereocenters. The predicted molar refractivity (Wildman–Crippen MR) is 155 cm³/mol. The molecule has 13 heteroatoms. The van der Waals surface area contributed by atoms with Crippen LogP contribution in [0.4, 0.5) is 10.7 Å². The third-order valence-electron chi connectivity index (χ3n) is 6.46. The zero-order chi connectivity index (χ0) is 30.2. The van der Waals surface area contributed by atoms with E-state index in [0.29, 0.717) is 12.0 Å². The fourth-order valence-corrected chi connectivity index (χ4v) is 5.74. The number of esters is 2. The van der Waals surface area contributed by atoms with Gasteiger partial charge in [0.1, 0.15) is 16.3 Å². The van der Waals surface area contributed by atoms with Crippen LogP contribution in [0.2, 0.25) is 0 Å². The van der Waals surface area contributed by atoms with Crippen LogP contribution in [0.15, 0.2) is 53.6 Å². The molecule has 42 heavy (non-hydrogen) atoms. The maximum atomic E-state index is 12.8. The fourth-order valence-electron chi connectivity index (χ4n) is 4.47. The Balaban J connectivity index is 1.48. The quantitative estimate of drug-likeness (QED) is 0.0716. The van der Waals surface area contributed by atoms with E-state index in [-0.39, 0.29) is 34.2 Å². The Bertz CT molecular complexity index is 1580. The highest BCUT2D eigenvalue weighted by molar-refractivity contribution is 7.17. The molecule has 0 spiro atoms. The Morgan fingerprint density at radius 2 is 1.64 bits per heavy atom. The van der Waals surface area contributed by atoms with E-state index in [9.17, 15) is 29.3 Å². The third kappa shape index (κ3) is 6.86. The summed E-state index contributed by atoms with van der Waals surface area (Å²) in [6, 6.07) is 11.7. The lowest BCUT2D eigenvalue weighted by atomic mass is 10.1. The summed E-state index contributed by atoms with van der Waals surface area (Å²) in [5.41, 5.74) is 3.18. The lowest BCUT2D eigenvalue weighted by Crippen LogP contribution is -2.33. The number of thiophene rings is 1. The summed E-state index contributed by atoms with van der Waals surface area (Å²) in [7, 11) is 0. The van der Waals surface area contributed by atoms with Crippen molar-refractivity contribution in [1.82, 2.24) is 5.43 Å². The molecular weight excluding hydrogens is 564 g/mol. The van der Waals surface area contributed by atoms with Gasteiger partial charge in [-0.1, -0.05) is 30.7 Å². The second-order valence-corrected chi connectivity index (χ2v) is 10.3. The molecule has 1 aliphatic carbocycles. The molecule has 0 unspecified atom stereocenters. The molecule has 0 fully saturated rings. The first-order valence-electron chi connectivity index (χ1n) is 13.2. The number of benzene rings is 2. The number of hydrazone groups is 1. The number of amides is 2. The molecule has 3 aromatic rings. The van der Waals surface area contributed by atoms with Crippen molar-refractivity contribution in [3.05, 3.63) is 85.8 Å². The molecule has 1 aromatic heterocycles. The number of carbonyl (C=O) groups is 4. The highest BCUT2D eigenvalue weighted by atomic mass is 32.1. The molecule has 2 aromatic carbocycles. The van der Waals surface area contributed by atoms with E-state index < -0.39 is 34.4 Å². The van der Waals surface area contributed by atoms with Gasteiger partial charge in [0, 0.05) is 16.5 Å². The van der Waals surface area contributed by atoms with Crippen LogP contribution in [0.1, 0.15) is 69.8 Å². The van der Waals surface area contributed by atoms with Gasteiger partial charge < -0.3 is 14.8 Å². The molecule has 0 bridgehead atoms. The van der Waals surface area contributed by atoms with Gasteiger partial charge in [-0.05, 0) is 63.3 Å². The first kappa shape index (κ1) is 30.1. The average molecular weight is 593 g/mol. The average Bonchev–Trinajstić information content (AvgIpc) is 3.15. The van der Waals surface area contributed by atoms with E-state index in [0.717, 1.165) is 36.1 Å². The maximum absolute atomic E-state index is 12.8. The zero-order valence-corrected chi connectivity index (χ0v) is 23.7. The Morgan fingerprint density at radius 1 is 0.952 bits per heavy atom. The number of carbonyl (C=O) groups excluding carboxylic acids is 4. The largest absolute Gasteiger partial charge is 0.462 e. The number of nitrogens with zero attached hydrogens (tertiary/aromatic N) is 2. The van der Waals surface area contributed by atoms with Crippen LogP contribution in [0.3, 0.4) is 0 Å². The van der Waals surface area contributed by atoms with Gasteiger partial charge in [-0.2, -0.15) is 5.10 Å². The standard InChI is InChI=1S/C29H28N4O8S/c1-3-40-29(37)24-20-13-5-4-6-16-23(20)42-27(24)30-25(34)26(35)32-31-17(2)18-11-8-10-15-22(18)41-28(36)19-12-7-9-14-21(19)33(38)39/h7-12,14-15H,3-6,13,16H2,1-2H3,(H,30,34)(H,32,35)/b31-17+. The van der Waals surface area contributed by atoms with E-state index in [2.05, 4.69) is 15.8 Å². The number of aryl methyl sites for hydroxylation is 1. The van der Waals surface area contributed by atoms with E-state index >= 15 is 0 Å². The topological polar surface area (TPSA) is 166 Å². The molecule has 4 rings (SSSR count). The lowest BCUT2D eigenvalue weighted by molar-refractivity contribution is -0.385. The number of nitrogens with one attached hydrogen (secondary N) is 2. The number of anilines is 1. The number of ether oxygens (including phenoxy) is 2. The highest BCUT2D eigenvalue weighted by Crippen LogP contribution is 2.38. The molecule has 2 N–H and O–H groups in total. The fraction of sp³-hybridized carbons (Fsp3) is 0.276. The molecule has 218 valence electrons. The minimum atomic E-state index is -1.08. The number of para-hydroxylation sites is 2. The Kier molecular flexibility index (Phi) is 9.76. The minimum absolute atomic E-state index is 0.0414. The molecule has 0 saturated carbocycles. The smallest absolute Gasteiger partial charge is 0.350 e. The van der Waals surface area contributed by atoms with Crippen molar-refractivity contribution in [3.8, 4) is 5.75 Å². The molecular formula is C29H28N4O8S. The number of fused-ring (bicyclic) bond motifs is 1. The normalized spacial score (nSPS) is 12.9. The number of nitro benzene ring substituents is 1. The summed E-state index contributed by atoms with van der Waals surface area (Å²) in [5, 5.41) is 18.1. The first-order chi connectivity index (χ1) is 20.2. The van der Waals surface area contributed by atoms with Crippen molar-refractivity contribution in [2.75, 3.05) is 11.9 Å². The number of rotatable bonds is 8. The van der Waals surface area contributed by atoms with Gasteiger partial charge in [0.2, 0.25) is 0 Å². The molecule has 1 heterocycles. The number of hydrogen-bond donors (Lipinski definition) is 2. The van der Waals surface area contributed by atoms with Gasteiger partial charge >= 0.3 is 23.8 Å². The van der Waals surface area contributed by atoms with Crippen LogP contribution < -0.4 is 15.5 Å². The lowest BCUT2D eigenvalue weighted by Gasteiger charge is -2.10. The van der Waals surface area contributed by atoms with Crippen molar-refractivity contribution >= 4 is 51.5 Å². The van der Waals surface area contributed by atoms with Crippen LogP contribution in [-0.4, -0.2) is 41.0 Å². The van der Waals surface area contributed by atoms with Crippen molar-refractivity contribution in [3.63, 3.8) is 0 Å². The van der Waals surface area contributed by atoms with Gasteiger partial charge in [-0.15, -0.1) is 11.3 Å². The monoisotopic (exact) mass is 592 g/mol. The van der Waals surface area contributed by atoms with Crippen molar-refractivity contribution < 1.29 is 33.6 Å². The van der Waals surface area contributed by atoms with Crippen molar-refractivity contribution in [2.45, 2.75) is 46.0 Å². The third-order valence-corrected chi connectivity index (χ3v) is 7.67. The first-order valence-corrected chi connectivity index (χ1v) is 14.0. The minimum Gasteiger partial charge on any atom is -0.462 e. The zero-order valence-electron chi connectivity index (χ0n) is 22.9. The van der Waals surface area contributed by atoms with E-state index in [1.165, 1.54) is 48.6 Å². The molecule has 0 saturated heterocycles. The second-order valence-electron chi connectivity index (χ2n) is 9.24. The predicted octanol–water partition coefficient (Wildman–Crippen LogP) is 4.80. The van der Waals surface area contributed by atoms with E-state index in [1.54, 1.807) is 25.1 Å². The van der Waals surface area contributed by atoms with Crippen LogP contribution >= 0.6 is 11.3 Å². The summed E-state index contributed by atoms with van der Waals surface area (Å²) < 4.78 is 10.6. The Labute approximate surface area is 244 Å². The van der Waals surface area contributed by atoms with E-state index in [1.807, 2.05) is 0 Å². The summed E-state index contributed by atoms with van der Waals surface area (Å²) in [6.45, 7) is 3.38. The number of hydrogen-bond acceptors (Lipinski definition) is 10. The molecule has 0 aliphatic heterocycles. The summed E-state index contributed by atoms with van der Waals surface area (Å²) in [5.74, 6) is -3.56. The van der Waals surface area contributed by atoms with Crippen LogP contribution in [0.25, 0.3) is 0 Å². The summed E-state index contributed by atoms with van der Waals surface area (Å²) in [4.78, 5) is 62.5. The molecule has 2 amide bonds. The Morgan fingerprint density at radius 3 is 2.38 bits per heavy atom. The van der Waals surface area contributed by atoms with E-state index in [4.69, 9.17) is 9.47 Å². The number of nitro groups is 1. The van der Waals surface area contributed by atoms with Crippen molar-refractivity contribution in [1.29, 1.82) is 0 Å². The van der Waals surface area contributed by atoms with Crippen LogP contribution in [0.5, 0.6) is 5.75 Å². The summed E-state index contributed by atoms with van der Waals surface area (Å²) in [6.07, 6.45) is 4.39. The Hall–Kier alpha value is -4.91. The van der Waals surface area contributed by atoms with Crippen LogP contribution in [0, 0.1) is 10.1 Å². The SMILES string of the molecule is CCOC(=O)c1c(NC(=O)C(=O)N/N=C(\C)c2ccccc2OC(=O)c2ccccc2[N+](=O)[O-])sc2c1CCCCC2. The molecule has 12 nitrogen and oxygen atoms in total. The van der Waals surface area contributed by atoms with Gasteiger partial charge in [0.15, 0.2) is 0 Å². The van der Waals surface area contributed by atoms with Gasteiger partial charge in [0.05, 0.1) is 22.8 Å². The van der Waals surface area contributed by atoms with Gasteiger partial charge in [-0.3, -0.25) is 19.7 Å². The summed E-state index contributed by atoms with van der Waals surface area (Å²) >= 11 is 1.27. The second kappa shape index (κ2) is 13.6. The molecule has 1 aliphatic rings. The van der Waals surface area contributed by atoms with Gasteiger partial charge in [0.25, 0.3) is 5.69 Å². The highest BCUT2D eigenvalue weighted by Gasteiger charge is 2.28. The maximum Gasteiger partial charge on any atom is 0.350 e. The van der Waals surface area contributed by atoms with Crippen LogP contribution in [-0.2, 0) is 27.2 Å². The van der Waals surface area contributed by atoms with Gasteiger partial charge in [-0.25, -0.2) is 15.0 Å².